The van der Waals surface area contributed by atoms with Crippen molar-refractivity contribution in [3.05, 3.63) is 29.8 Å². The van der Waals surface area contributed by atoms with E-state index in [-0.39, 0.29) is 0 Å². The zero-order valence-electron chi connectivity index (χ0n) is 13.4. The van der Waals surface area contributed by atoms with Gasteiger partial charge in [-0.2, -0.15) is 4.31 Å². The van der Waals surface area contributed by atoms with E-state index < -0.39 is 10.0 Å². The van der Waals surface area contributed by atoms with Crippen molar-refractivity contribution in [1.82, 2.24) is 9.62 Å². The highest BCUT2D eigenvalue weighted by atomic mass is 32.2. The van der Waals surface area contributed by atoms with Crippen LogP contribution in [0.25, 0.3) is 0 Å². The fraction of sp³-hybridized carbons (Fsp3) is 0.625. The molecule has 5 heteroatoms. The molecule has 0 saturated heterocycles. The first-order chi connectivity index (χ1) is 10.1. The van der Waals surface area contributed by atoms with Crippen molar-refractivity contribution in [2.24, 2.45) is 0 Å². The first-order valence-electron chi connectivity index (χ1n) is 7.86. The molecular formula is C16H28N2O2S. The van der Waals surface area contributed by atoms with Gasteiger partial charge in [0.25, 0.3) is 0 Å². The Morgan fingerprint density at radius 3 is 2.29 bits per heavy atom. The van der Waals surface area contributed by atoms with Crippen molar-refractivity contribution in [1.29, 1.82) is 0 Å². The molecule has 0 aliphatic carbocycles. The van der Waals surface area contributed by atoms with E-state index in [4.69, 9.17) is 0 Å². The number of sulfonamides is 1. The van der Waals surface area contributed by atoms with Crippen LogP contribution in [0.4, 0.5) is 0 Å². The molecule has 0 atom stereocenters. The van der Waals surface area contributed by atoms with Gasteiger partial charge in [0.1, 0.15) is 0 Å². The zero-order valence-corrected chi connectivity index (χ0v) is 14.2. The Morgan fingerprint density at radius 1 is 1.10 bits per heavy atom. The SMILES string of the molecule is CCCCN(CC)S(=O)(=O)c1ccc(CCNCC)cc1. The van der Waals surface area contributed by atoms with E-state index in [0.29, 0.717) is 18.0 Å². The van der Waals surface area contributed by atoms with Gasteiger partial charge in [0.15, 0.2) is 0 Å². The lowest BCUT2D eigenvalue weighted by molar-refractivity contribution is 0.419. The molecule has 0 aliphatic rings. The number of nitrogens with one attached hydrogen (secondary N) is 1. The molecule has 0 amide bonds. The average Bonchev–Trinajstić information content (AvgIpc) is 2.48. The Balaban J connectivity index is 2.78. The number of unbranched alkanes of at least 4 members (excludes halogenated alkanes) is 1. The van der Waals surface area contributed by atoms with E-state index in [1.54, 1.807) is 16.4 Å². The highest BCUT2D eigenvalue weighted by Crippen LogP contribution is 2.17. The summed E-state index contributed by atoms with van der Waals surface area (Å²) >= 11 is 0. The van der Waals surface area contributed by atoms with Gasteiger partial charge in [-0.3, -0.25) is 0 Å². The molecule has 0 spiro atoms. The summed E-state index contributed by atoms with van der Waals surface area (Å²) in [7, 11) is -3.35. The Bertz CT molecular complexity index is 498. The van der Waals surface area contributed by atoms with Crippen molar-refractivity contribution < 1.29 is 8.42 Å². The second-order valence-corrected chi connectivity index (χ2v) is 7.04. The monoisotopic (exact) mass is 312 g/mol. The molecule has 0 unspecified atom stereocenters. The van der Waals surface area contributed by atoms with Gasteiger partial charge in [0.2, 0.25) is 10.0 Å². The van der Waals surface area contributed by atoms with Crippen LogP contribution in [0.15, 0.2) is 29.2 Å². The number of nitrogens with zero attached hydrogens (tertiary/aromatic N) is 1. The maximum atomic E-state index is 12.6. The summed E-state index contributed by atoms with van der Waals surface area (Å²) < 4.78 is 26.7. The summed E-state index contributed by atoms with van der Waals surface area (Å²) in [4.78, 5) is 0.396. The van der Waals surface area contributed by atoms with E-state index in [1.165, 1.54) is 0 Å². The van der Waals surface area contributed by atoms with Crippen molar-refractivity contribution in [2.45, 2.75) is 44.9 Å². The third-order valence-corrected chi connectivity index (χ3v) is 5.50. The van der Waals surface area contributed by atoms with E-state index in [2.05, 4.69) is 19.2 Å². The maximum absolute atomic E-state index is 12.6. The molecule has 1 rings (SSSR count). The maximum Gasteiger partial charge on any atom is 0.243 e. The Hall–Kier alpha value is -0.910. The summed E-state index contributed by atoms with van der Waals surface area (Å²) in [5.74, 6) is 0. The molecule has 1 N–H and O–H groups in total. The predicted molar refractivity (Wildman–Crippen MR) is 88.0 cm³/mol. The summed E-state index contributed by atoms with van der Waals surface area (Å²) in [6.45, 7) is 9.01. The Labute approximate surface area is 129 Å². The average molecular weight is 312 g/mol. The van der Waals surface area contributed by atoms with Crippen molar-refractivity contribution in [3.8, 4) is 0 Å². The molecule has 0 fully saturated rings. The quantitative estimate of drug-likeness (QED) is 0.676. The van der Waals surface area contributed by atoms with Crippen molar-refractivity contribution >= 4 is 10.0 Å². The van der Waals surface area contributed by atoms with Crippen LogP contribution in [-0.4, -0.2) is 38.9 Å². The number of benzene rings is 1. The van der Waals surface area contributed by atoms with Crippen LogP contribution in [0.1, 0.15) is 39.2 Å². The number of hydrogen-bond acceptors (Lipinski definition) is 3. The molecule has 21 heavy (non-hydrogen) atoms. The molecule has 0 radical (unpaired) electrons. The zero-order chi connectivity index (χ0) is 15.7. The number of likely N-dealkylation sites (N-methyl/N-ethyl adjacent to an activating group) is 1. The lowest BCUT2D eigenvalue weighted by Crippen LogP contribution is -2.31. The summed E-state index contributed by atoms with van der Waals surface area (Å²) in [6, 6.07) is 7.28. The van der Waals surface area contributed by atoms with Crippen molar-refractivity contribution in [2.75, 3.05) is 26.2 Å². The minimum atomic E-state index is -3.35. The van der Waals surface area contributed by atoms with E-state index in [0.717, 1.165) is 37.9 Å². The Kier molecular flexibility index (Phi) is 7.93. The highest BCUT2D eigenvalue weighted by Gasteiger charge is 2.22. The second kappa shape index (κ2) is 9.18. The fourth-order valence-electron chi connectivity index (χ4n) is 2.17. The fourth-order valence-corrected chi connectivity index (χ4v) is 3.66. The first kappa shape index (κ1) is 18.1. The predicted octanol–water partition coefficient (Wildman–Crippen LogP) is 2.65. The second-order valence-electron chi connectivity index (χ2n) is 5.10. The minimum absolute atomic E-state index is 0.396. The van der Waals surface area contributed by atoms with Gasteiger partial charge < -0.3 is 5.32 Å². The summed E-state index contributed by atoms with van der Waals surface area (Å²) in [5.41, 5.74) is 1.16. The van der Waals surface area contributed by atoms with Crippen LogP contribution >= 0.6 is 0 Å². The first-order valence-corrected chi connectivity index (χ1v) is 9.30. The molecule has 120 valence electrons. The molecule has 0 saturated carbocycles. The van der Waals surface area contributed by atoms with E-state index in [1.807, 2.05) is 19.1 Å². The van der Waals surface area contributed by atoms with Gasteiger partial charge in [-0.15, -0.1) is 0 Å². The summed E-state index contributed by atoms with van der Waals surface area (Å²) in [6.07, 6.45) is 2.81. The smallest absolute Gasteiger partial charge is 0.243 e. The van der Waals surface area contributed by atoms with E-state index in [9.17, 15) is 8.42 Å². The molecule has 0 aromatic heterocycles. The molecule has 1 aromatic rings. The molecule has 0 bridgehead atoms. The van der Waals surface area contributed by atoms with Crippen LogP contribution in [0.3, 0.4) is 0 Å². The number of hydrogen-bond donors (Lipinski definition) is 1. The van der Waals surface area contributed by atoms with Crippen molar-refractivity contribution in [3.63, 3.8) is 0 Å². The van der Waals surface area contributed by atoms with Gasteiger partial charge in [-0.1, -0.05) is 39.3 Å². The van der Waals surface area contributed by atoms with E-state index >= 15 is 0 Å². The largest absolute Gasteiger partial charge is 0.317 e. The molecular weight excluding hydrogens is 284 g/mol. The standard InChI is InChI=1S/C16H28N2O2S/c1-4-7-14-18(6-3)21(19,20)16-10-8-15(9-11-16)12-13-17-5-2/h8-11,17H,4-7,12-14H2,1-3H3. The lowest BCUT2D eigenvalue weighted by atomic mass is 10.1. The van der Waals surface area contributed by atoms with Crippen LogP contribution < -0.4 is 5.32 Å². The third-order valence-electron chi connectivity index (χ3n) is 3.52. The van der Waals surface area contributed by atoms with Crippen LogP contribution in [0, 0.1) is 0 Å². The van der Waals surface area contributed by atoms with Crippen LogP contribution in [0.5, 0.6) is 0 Å². The normalized spacial score (nSPS) is 12.0. The van der Waals surface area contributed by atoms with Gasteiger partial charge in [-0.05, 0) is 43.6 Å². The molecule has 1 aromatic carbocycles. The third kappa shape index (κ3) is 5.41. The lowest BCUT2D eigenvalue weighted by Gasteiger charge is -2.20. The molecule has 4 nitrogen and oxygen atoms in total. The Morgan fingerprint density at radius 2 is 1.76 bits per heavy atom. The topological polar surface area (TPSA) is 49.4 Å². The van der Waals surface area contributed by atoms with Gasteiger partial charge in [-0.25, -0.2) is 8.42 Å². The molecule has 0 heterocycles. The molecule has 0 aliphatic heterocycles. The van der Waals surface area contributed by atoms with Gasteiger partial charge in [0, 0.05) is 13.1 Å². The summed E-state index contributed by atoms with van der Waals surface area (Å²) in [5, 5.41) is 3.27. The highest BCUT2D eigenvalue weighted by molar-refractivity contribution is 7.89. The number of rotatable bonds is 10. The van der Waals surface area contributed by atoms with Gasteiger partial charge >= 0.3 is 0 Å². The van der Waals surface area contributed by atoms with Crippen LogP contribution in [-0.2, 0) is 16.4 Å². The van der Waals surface area contributed by atoms with Gasteiger partial charge in [0.05, 0.1) is 4.90 Å². The minimum Gasteiger partial charge on any atom is -0.317 e. The van der Waals surface area contributed by atoms with Crippen LogP contribution in [0.2, 0.25) is 0 Å².